The molecule has 4 nitrogen and oxygen atoms in total. The van der Waals surface area contributed by atoms with Gasteiger partial charge in [-0.15, -0.1) is 0 Å². The summed E-state index contributed by atoms with van der Waals surface area (Å²) in [5.74, 6) is -0.0480. The minimum absolute atomic E-state index is 0.0480. The summed E-state index contributed by atoms with van der Waals surface area (Å²) in [6.45, 7) is 7.46. The number of unbranched alkanes of at least 4 members (excludes halogenated alkanes) is 1. The van der Waals surface area contributed by atoms with E-state index in [1.165, 1.54) is 0 Å². The average Bonchev–Trinajstić information content (AvgIpc) is 2.32. The zero-order valence-corrected chi connectivity index (χ0v) is 10.8. The van der Waals surface area contributed by atoms with Gasteiger partial charge in [-0.25, -0.2) is 0 Å². The third kappa shape index (κ3) is 5.47. The van der Waals surface area contributed by atoms with Gasteiger partial charge in [0.15, 0.2) is 0 Å². The summed E-state index contributed by atoms with van der Waals surface area (Å²) < 4.78 is 5.63. The summed E-state index contributed by atoms with van der Waals surface area (Å²) in [5.41, 5.74) is 5.35. The minimum Gasteiger partial charge on any atom is -0.364 e. The molecule has 0 saturated heterocycles. The van der Waals surface area contributed by atoms with Crippen molar-refractivity contribution in [3.05, 3.63) is 0 Å². The number of amides is 1. The smallest absolute Gasteiger partial charge is 0.246 e. The highest BCUT2D eigenvalue weighted by Crippen LogP contribution is 2.18. The first-order valence-corrected chi connectivity index (χ1v) is 6.24. The summed E-state index contributed by atoms with van der Waals surface area (Å²) in [4.78, 5) is 11.4. The molecule has 0 saturated carbocycles. The topological polar surface area (TPSA) is 64.3 Å². The van der Waals surface area contributed by atoms with Gasteiger partial charge in [-0.3, -0.25) is 4.79 Å². The number of hydrogen-bond acceptors (Lipinski definition) is 3. The van der Waals surface area contributed by atoms with Crippen molar-refractivity contribution in [3.63, 3.8) is 0 Å². The van der Waals surface area contributed by atoms with Gasteiger partial charge in [0.05, 0.1) is 5.60 Å². The molecular weight excluding hydrogens is 204 g/mol. The van der Waals surface area contributed by atoms with Crippen molar-refractivity contribution in [2.75, 3.05) is 19.7 Å². The standard InChI is InChI=1S/C12H26N2O2/c1-4-7-8-14-11(15)9-16-12(5-2,6-3)10-13/h4-10,13H2,1-3H3,(H,14,15). The van der Waals surface area contributed by atoms with E-state index in [9.17, 15) is 4.79 Å². The molecular formula is C12H26N2O2. The Morgan fingerprint density at radius 1 is 1.31 bits per heavy atom. The fourth-order valence-corrected chi connectivity index (χ4v) is 1.48. The van der Waals surface area contributed by atoms with E-state index in [4.69, 9.17) is 10.5 Å². The van der Waals surface area contributed by atoms with E-state index in [0.29, 0.717) is 6.54 Å². The van der Waals surface area contributed by atoms with Crippen LogP contribution in [0, 0.1) is 0 Å². The van der Waals surface area contributed by atoms with Crippen LogP contribution in [0.15, 0.2) is 0 Å². The van der Waals surface area contributed by atoms with Crippen molar-refractivity contribution < 1.29 is 9.53 Å². The highest BCUT2D eigenvalue weighted by Gasteiger charge is 2.25. The van der Waals surface area contributed by atoms with E-state index < -0.39 is 0 Å². The third-order valence-corrected chi connectivity index (χ3v) is 3.02. The second-order valence-electron chi connectivity index (χ2n) is 4.09. The monoisotopic (exact) mass is 230 g/mol. The Kier molecular flexibility index (Phi) is 8.21. The first kappa shape index (κ1) is 15.4. The van der Waals surface area contributed by atoms with Crippen LogP contribution in [0.4, 0.5) is 0 Å². The van der Waals surface area contributed by atoms with Crippen LogP contribution in [0.2, 0.25) is 0 Å². The molecule has 16 heavy (non-hydrogen) atoms. The fourth-order valence-electron chi connectivity index (χ4n) is 1.48. The normalized spacial score (nSPS) is 11.5. The lowest BCUT2D eigenvalue weighted by Gasteiger charge is -2.30. The Morgan fingerprint density at radius 2 is 1.94 bits per heavy atom. The van der Waals surface area contributed by atoms with Crippen LogP contribution in [0.25, 0.3) is 0 Å². The van der Waals surface area contributed by atoms with Crippen molar-refractivity contribution >= 4 is 5.91 Å². The van der Waals surface area contributed by atoms with Gasteiger partial charge in [0.1, 0.15) is 6.61 Å². The van der Waals surface area contributed by atoms with Gasteiger partial charge in [-0.2, -0.15) is 0 Å². The number of nitrogens with two attached hydrogens (primary N) is 1. The summed E-state index contributed by atoms with van der Waals surface area (Å²) in [7, 11) is 0. The number of hydrogen-bond donors (Lipinski definition) is 2. The molecule has 0 bridgehead atoms. The van der Waals surface area contributed by atoms with Crippen molar-refractivity contribution in [1.29, 1.82) is 0 Å². The van der Waals surface area contributed by atoms with Gasteiger partial charge in [-0.1, -0.05) is 27.2 Å². The molecule has 0 rings (SSSR count). The van der Waals surface area contributed by atoms with E-state index in [2.05, 4.69) is 12.2 Å². The van der Waals surface area contributed by atoms with Gasteiger partial charge in [0.2, 0.25) is 5.91 Å². The summed E-state index contributed by atoms with van der Waals surface area (Å²) in [6.07, 6.45) is 3.76. The quantitative estimate of drug-likeness (QED) is 0.589. The summed E-state index contributed by atoms with van der Waals surface area (Å²) >= 11 is 0. The molecule has 0 aromatic heterocycles. The van der Waals surface area contributed by atoms with Crippen LogP contribution in [-0.4, -0.2) is 31.2 Å². The maximum absolute atomic E-state index is 11.4. The maximum atomic E-state index is 11.4. The number of carbonyl (C=O) groups is 1. The Morgan fingerprint density at radius 3 is 2.38 bits per heavy atom. The summed E-state index contributed by atoms with van der Waals surface area (Å²) in [6, 6.07) is 0. The molecule has 0 aliphatic rings. The molecule has 0 fully saturated rings. The molecule has 4 heteroatoms. The number of ether oxygens (including phenoxy) is 1. The molecule has 0 heterocycles. The van der Waals surface area contributed by atoms with Crippen LogP contribution >= 0.6 is 0 Å². The van der Waals surface area contributed by atoms with Crippen molar-refractivity contribution in [1.82, 2.24) is 5.32 Å². The Balaban J connectivity index is 3.87. The molecule has 0 aliphatic carbocycles. The van der Waals surface area contributed by atoms with Crippen LogP contribution < -0.4 is 11.1 Å². The van der Waals surface area contributed by atoms with E-state index in [1.807, 2.05) is 13.8 Å². The minimum atomic E-state index is -0.331. The van der Waals surface area contributed by atoms with E-state index in [0.717, 1.165) is 32.2 Å². The van der Waals surface area contributed by atoms with Gasteiger partial charge >= 0.3 is 0 Å². The van der Waals surface area contributed by atoms with Gasteiger partial charge in [0.25, 0.3) is 0 Å². The van der Waals surface area contributed by atoms with Gasteiger partial charge < -0.3 is 15.8 Å². The van der Waals surface area contributed by atoms with Crippen molar-refractivity contribution in [3.8, 4) is 0 Å². The zero-order chi connectivity index (χ0) is 12.4. The molecule has 0 aromatic rings. The van der Waals surface area contributed by atoms with Crippen molar-refractivity contribution in [2.24, 2.45) is 5.73 Å². The van der Waals surface area contributed by atoms with Crippen LogP contribution in [0.5, 0.6) is 0 Å². The van der Waals surface area contributed by atoms with E-state index in [1.54, 1.807) is 0 Å². The highest BCUT2D eigenvalue weighted by molar-refractivity contribution is 5.77. The number of nitrogens with one attached hydrogen (secondary N) is 1. The lowest BCUT2D eigenvalue weighted by atomic mass is 9.97. The van der Waals surface area contributed by atoms with Crippen LogP contribution in [-0.2, 0) is 9.53 Å². The fraction of sp³-hybridized carbons (Fsp3) is 0.917. The molecule has 0 unspecified atom stereocenters. The average molecular weight is 230 g/mol. The highest BCUT2D eigenvalue weighted by atomic mass is 16.5. The van der Waals surface area contributed by atoms with Crippen LogP contribution in [0.3, 0.4) is 0 Å². The SMILES string of the molecule is CCCCNC(=O)COC(CC)(CC)CN. The molecule has 0 spiro atoms. The van der Waals surface area contributed by atoms with Gasteiger partial charge in [0, 0.05) is 13.1 Å². The molecule has 0 radical (unpaired) electrons. The molecule has 1 amide bonds. The van der Waals surface area contributed by atoms with E-state index >= 15 is 0 Å². The number of carbonyl (C=O) groups excluding carboxylic acids is 1. The lowest BCUT2D eigenvalue weighted by molar-refractivity contribution is -0.133. The maximum Gasteiger partial charge on any atom is 0.246 e. The predicted molar refractivity (Wildman–Crippen MR) is 66.2 cm³/mol. The Bertz CT molecular complexity index is 183. The first-order chi connectivity index (χ1) is 7.64. The second-order valence-corrected chi connectivity index (χ2v) is 4.09. The zero-order valence-electron chi connectivity index (χ0n) is 10.8. The molecule has 0 aliphatic heterocycles. The molecule has 0 atom stereocenters. The molecule has 96 valence electrons. The predicted octanol–water partition coefficient (Wildman–Crippen LogP) is 1.44. The lowest BCUT2D eigenvalue weighted by Crippen LogP contribution is -2.42. The van der Waals surface area contributed by atoms with Crippen LogP contribution in [0.1, 0.15) is 46.5 Å². The number of rotatable bonds is 9. The Hall–Kier alpha value is -0.610. The van der Waals surface area contributed by atoms with Gasteiger partial charge in [-0.05, 0) is 19.3 Å². The second kappa shape index (κ2) is 8.53. The third-order valence-electron chi connectivity index (χ3n) is 3.02. The molecule has 3 N–H and O–H groups in total. The summed E-state index contributed by atoms with van der Waals surface area (Å²) in [5, 5.41) is 2.82. The van der Waals surface area contributed by atoms with E-state index in [-0.39, 0.29) is 18.1 Å². The largest absolute Gasteiger partial charge is 0.364 e. The van der Waals surface area contributed by atoms with Crippen molar-refractivity contribution in [2.45, 2.75) is 52.1 Å². The Labute approximate surface area is 98.9 Å². The first-order valence-electron chi connectivity index (χ1n) is 6.24. The molecule has 0 aromatic carbocycles.